The summed E-state index contributed by atoms with van der Waals surface area (Å²) >= 11 is 5.93. The second kappa shape index (κ2) is 6.92. The number of rotatable bonds is 5. The predicted octanol–water partition coefficient (Wildman–Crippen LogP) is 1.96. The Bertz CT molecular complexity index is 649. The monoisotopic (exact) mass is 306 g/mol. The number of hydrogen-bond acceptors (Lipinski definition) is 5. The Labute approximate surface area is 127 Å². The van der Waals surface area contributed by atoms with Gasteiger partial charge in [-0.2, -0.15) is 0 Å². The third-order valence-electron chi connectivity index (χ3n) is 2.87. The summed E-state index contributed by atoms with van der Waals surface area (Å²) in [6, 6.07) is 8.96. The molecule has 0 bridgehead atoms. The van der Waals surface area contributed by atoms with E-state index in [9.17, 15) is 4.79 Å². The van der Waals surface area contributed by atoms with E-state index in [1.807, 2.05) is 24.3 Å². The van der Waals surface area contributed by atoms with Gasteiger partial charge in [0, 0.05) is 18.3 Å². The molecule has 1 amide bonds. The first kappa shape index (κ1) is 15.1. The highest BCUT2D eigenvalue weighted by Crippen LogP contribution is 2.20. The Balaban J connectivity index is 2.06. The van der Waals surface area contributed by atoms with Crippen LogP contribution in [0.4, 0.5) is 5.82 Å². The maximum atomic E-state index is 12.1. The fraction of sp³-hybridized carbons (Fsp3) is 0.143. The average molecular weight is 307 g/mol. The summed E-state index contributed by atoms with van der Waals surface area (Å²) in [4.78, 5) is 16.0. The number of pyridine rings is 1. The van der Waals surface area contributed by atoms with Crippen LogP contribution in [-0.2, 0) is 6.54 Å². The Morgan fingerprint density at radius 3 is 2.86 bits per heavy atom. The number of carbonyl (C=O) groups excluding carboxylic acids is 1. The number of ether oxygens (including phenoxy) is 1. The fourth-order valence-corrected chi connectivity index (χ4v) is 2.02. The minimum atomic E-state index is -0.279. The summed E-state index contributed by atoms with van der Waals surface area (Å²) in [7, 11) is 1.59. The van der Waals surface area contributed by atoms with E-state index in [-0.39, 0.29) is 10.9 Å². The summed E-state index contributed by atoms with van der Waals surface area (Å²) < 4.78 is 5.23. The lowest BCUT2D eigenvalue weighted by molar-refractivity contribution is 0.0950. The van der Waals surface area contributed by atoms with Crippen molar-refractivity contribution in [3.8, 4) is 5.75 Å². The normalized spacial score (nSPS) is 10.0. The van der Waals surface area contributed by atoms with E-state index >= 15 is 0 Å². The van der Waals surface area contributed by atoms with Crippen LogP contribution >= 0.6 is 11.6 Å². The first-order chi connectivity index (χ1) is 10.2. The van der Waals surface area contributed by atoms with Crippen molar-refractivity contribution in [2.24, 2.45) is 5.84 Å². The number of nitrogens with zero attached hydrogens (tertiary/aromatic N) is 1. The van der Waals surface area contributed by atoms with Gasteiger partial charge in [-0.25, -0.2) is 10.8 Å². The summed E-state index contributed by atoms with van der Waals surface area (Å²) in [5.41, 5.74) is 3.58. The quantitative estimate of drug-likeness (QED) is 0.580. The van der Waals surface area contributed by atoms with Gasteiger partial charge < -0.3 is 15.5 Å². The lowest BCUT2D eigenvalue weighted by atomic mass is 10.2. The van der Waals surface area contributed by atoms with Gasteiger partial charge in [-0.1, -0.05) is 29.8 Å². The number of para-hydroxylation sites is 1. The standard InChI is InChI=1S/C14H15ClN4O2/c1-21-12-5-3-2-4-9(12)7-18-14(20)10-6-11(15)13(19-16)17-8-10/h2-6,8H,7,16H2,1H3,(H,17,19)(H,18,20). The Morgan fingerprint density at radius 2 is 2.19 bits per heavy atom. The van der Waals surface area contributed by atoms with Gasteiger partial charge in [0.05, 0.1) is 17.7 Å². The third kappa shape index (κ3) is 3.62. The number of anilines is 1. The molecular weight excluding hydrogens is 292 g/mol. The topological polar surface area (TPSA) is 89.3 Å². The molecule has 0 saturated heterocycles. The van der Waals surface area contributed by atoms with Gasteiger partial charge in [0.1, 0.15) is 5.75 Å². The molecule has 6 nitrogen and oxygen atoms in total. The molecule has 0 aliphatic heterocycles. The lowest BCUT2D eigenvalue weighted by Crippen LogP contribution is -2.23. The van der Waals surface area contributed by atoms with E-state index in [0.29, 0.717) is 17.9 Å². The summed E-state index contributed by atoms with van der Waals surface area (Å²) in [6.45, 7) is 0.345. The second-order valence-corrected chi connectivity index (χ2v) is 4.60. The van der Waals surface area contributed by atoms with Gasteiger partial charge >= 0.3 is 0 Å². The number of aromatic nitrogens is 1. The maximum absolute atomic E-state index is 12.1. The van der Waals surface area contributed by atoms with E-state index < -0.39 is 0 Å². The molecule has 0 aliphatic carbocycles. The van der Waals surface area contributed by atoms with Crippen molar-refractivity contribution in [2.45, 2.75) is 6.54 Å². The molecule has 110 valence electrons. The summed E-state index contributed by atoms with van der Waals surface area (Å²) in [6.07, 6.45) is 1.40. The van der Waals surface area contributed by atoms with E-state index in [4.69, 9.17) is 22.2 Å². The molecule has 0 radical (unpaired) electrons. The van der Waals surface area contributed by atoms with Gasteiger partial charge in [-0.05, 0) is 12.1 Å². The highest BCUT2D eigenvalue weighted by Gasteiger charge is 2.10. The van der Waals surface area contributed by atoms with Gasteiger partial charge in [-0.3, -0.25) is 4.79 Å². The van der Waals surface area contributed by atoms with Crippen LogP contribution in [0.5, 0.6) is 5.75 Å². The summed E-state index contributed by atoms with van der Waals surface area (Å²) in [5.74, 6) is 5.99. The molecule has 0 atom stereocenters. The minimum Gasteiger partial charge on any atom is -0.496 e. The molecule has 0 spiro atoms. The van der Waals surface area contributed by atoms with Crippen LogP contribution in [-0.4, -0.2) is 18.0 Å². The van der Waals surface area contributed by atoms with Gasteiger partial charge in [0.15, 0.2) is 5.82 Å². The number of methoxy groups -OCH3 is 1. The van der Waals surface area contributed by atoms with Crippen LogP contribution < -0.4 is 21.3 Å². The van der Waals surface area contributed by atoms with E-state index in [0.717, 1.165) is 11.3 Å². The van der Waals surface area contributed by atoms with Crippen molar-refractivity contribution >= 4 is 23.3 Å². The van der Waals surface area contributed by atoms with Crippen LogP contribution in [0.3, 0.4) is 0 Å². The number of nitrogens with one attached hydrogen (secondary N) is 2. The highest BCUT2D eigenvalue weighted by atomic mass is 35.5. The molecule has 21 heavy (non-hydrogen) atoms. The Kier molecular flexibility index (Phi) is 4.97. The van der Waals surface area contributed by atoms with Crippen molar-refractivity contribution in [3.63, 3.8) is 0 Å². The minimum absolute atomic E-state index is 0.279. The number of halogens is 1. The third-order valence-corrected chi connectivity index (χ3v) is 3.16. The second-order valence-electron chi connectivity index (χ2n) is 4.19. The van der Waals surface area contributed by atoms with Crippen LogP contribution in [0.15, 0.2) is 36.5 Å². The molecule has 1 heterocycles. The number of hydrazine groups is 1. The molecule has 2 rings (SSSR count). The zero-order valence-corrected chi connectivity index (χ0v) is 12.1. The van der Waals surface area contributed by atoms with Crippen molar-refractivity contribution < 1.29 is 9.53 Å². The molecule has 2 aromatic rings. The molecule has 4 N–H and O–H groups in total. The van der Waals surface area contributed by atoms with Crippen molar-refractivity contribution in [1.82, 2.24) is 10.3 Å². The van der Waals surface area contributed by atoms with Gasteiger partial charge in [0.2, 0.25) is 0 Å². The number of hydrogen-bond donors (Lipinski definition) is 3. The van der Waals surface area contributed by atoms with Crippen molar-refractivity contribution in [3.05, 3.63) is 52.7 Å². The molecule has 1 aromatic carbocycles. The van der Waals surface area contributed by atoms with Gasteiger partial charge in [-0.15, -0.1) is 0 Å². The van der Waals surface area contributed by atoms with E-state index in [1.54, 1.807) is 7.11 Å². The molecule has 0 fully saturated rings. The van der Waals surface area contributed by atoms with Crippen LogP contribution in [0.25, 0.3) is 0 Å². The van der Waals surface area contributed by atoms with Crippen LogP contribution in [0.2, 0.25) is 5.02 Å². The predicted molar refractivity (Wildman–Crippen MR) is 81.2 cm³/mol. The zero-order valence-electron chi connectivity index (χ0n) is 11.4. The van der Waals surface area contributed by atoms with Crippen molar-refractivity contribution in [1.29, 1.82) is 0 Å². The number of benzene rings is 1. The Hall–Kier alpha value is -2.31. The van der Waals surface area contributed by atoms with E-state index in [2.05, 4.69) is 15.7 Å². The first-order valence-electron chi connectivity index (χ1n) is 6.18. The number of carbonyl (C=O) groups is 1. The first-order valence-corrected chi connectivity index (χ1v) is 6.55. The summed E-state index contributed by atoms with van der Waals surface area (Å²) in [5, 5.41) is 3.07. The van der Waals surface area contributed by atoms with E-state index in [1.165, 1.54) is 12.3 Å². The number of nitrogens with two attached hydrogens (primary N) is 1. The average Bonchev–Trinajstić information content (AvgIpc) is 2.52. The Morgan fingerprint density at radius 1 is 1.43 bits per heavy atom. The molecule has 0 aliphatic rings. The number of nitrogen functional groups attached to an aromatic ring is 1. The SMILES string of the molecule is COc1ccccc1CNC(=O)c1cnc(NN)c(Cl)c1. The molecule has 7 heteroatoms. The van der Waals surface area contributed by atoms with Crippen LogP contribution in [0, 0.1) is 0 Å². The molecule has 0 saturated carbocycles. The van der Waals surface area contributed by atoms with Crippen LogP contribution in [0.1, 0.15) is 15.9 Å². The lowest BCUT2D eigenvalue weighted by Gasteiger charge is -2.10. The zero-order chi connectivity index (χ0) is 15.2. The fourth-order valence-electron chi connectivity index (χ4n) is 1.79. The smallest absolute Gasteiger partial charge is 0.253 e. The number of amides is 1. The van der Waals surface area contributed by atoms with Crippen molar-refractivity contribution in [2.75, 3.05) is 12.5 Å². The molecule has 0 unspecified atom stereocenters. The molecule has 1 aromatic heterocycles. The maximum Gasteiger partial charge on any atom is 0.253 e. The largest absolute Gasteiger partial charge is 0.496 e. The van der Waals surface area contributed by atoms with Gasteiger partial charge in [0.25, 0.3) is 5.91 Å². The highest BCUT2D eigenvalue weighted by molar-refractivity contribution is 6.33. The molecular formula is C14H15ClN4O2.